The molecule has 156 valence electrons. The quantitative estimate of drug-likeness (QED) is 0.545. The minimum absolute atomic E-state index is 0.0305. The van der Waals surface area contributed by atoms with Crippen molar-refractivity contribution in [1.82, 2.24) is 15.6 Å². The van der Waals surface area contributed by atoms with Crippen LogP contribution >= 0.6 is 0 Å². The van der Waals surface area contributed by atoms with E-state index in [0.29, 0.717) is 25.6 Å². The van der Waals surface area contributed by atoms with E-state index in [2.05, 4.69) is 31.4 Å². The zero-order valence-corrected chi connectivity index (χ0v) is 16.0. The predicted octanol–water partition coefficient (Wildman–Crippen LogP) is 3.08. The number of halogens is 3. The Bertz CT molecular complexity index is 800. The predicted molar refractivity (Wildman–Crippen MR) is 103 cm³/mol. The first-order valence-corrected chi connectivity index (χ1v) is 9.34. The third kappa shape index (κ3) is 6.55. The molecule has 29 heavy (non-hydrogen) atoms. The maximum Gasteiger partial charge on any atom is 0.422 e. The lowest BCUT2D eigenvalue weighted by molar-refractivity contribution is -0.154. The van der Waals surface area contributed by atoms with Crippen molar-refractivity contribution < 1.29 is 22.6 Å². The van der Waals surface area contributed by atoms with Crippen LogP contribution in [0.2, 0.25) is 0 Å². The van der Waals surface area contributed by atoms with E-state index in [4.69, 9.17) is 4.74 Å². The highest BCUT2D eigenvalue weighted by Crippen LogP contribution is 2.27. The van der Waals surface area contributed by atoms with Gasteiger partial charge in [0.25, 0.3) is 0 Å². The zero-order chi connectivity index (χ0) is 20.7. The Balaban J connectivity index is 1.50. The normalized spacial score (nSPS) is 16.1. The van der Waals surface area contributed by atoms with E-state index in [1.165, 1.54) is 17.8 Å². The third-order valence-corrected chi connectivity index (χ3v) is 4.16. The molecule has 1 atom stereocenters. The van der Waals surface area contributed by atoms with Gasteiger partial charge in [0, 0.05) is 25.2 Å². The number of benzene rings is 1. The van der Waals surface area contributed by atoms with Gasteiger partial charge in [0.15, 0.2) is 12.6 Å². The molecule has 0 bridgehead atoms. The number of pyridine rings is 1. The molecule has 0 saturated heterocycles. The van der Waals surface area contributed by atoms with Crippen LogP contribution in [0.4, 0.5) is 13.2 Å². The van der Waals surface area contributed by atoms with Crippen molar-refractivity contribution in [2.45, 2.75) is 32.2 Å². The number of rotatable bonds is 7. The second-order valence-electron chi connectivity index (χ2n) is 6.54. The van der Waals surface area contributed by atoms with Crippen LogP contribution in [0.3, 0.4) is 0 Å². The van der Waals surface area contributed by atoms with Crippen molar-refractivity contribution >= 4 is 5.96 Å². The molecule has 2 heterocycles. The monoisotopic (exact) mass is 408 g/mol. The number of aliphatic imine (C=N–C) groups is 1. The Labute approximate surface area is 167 Å². The number of ether oxygens (including phenoxy) is 2. The Kier molecular flexibility index (Phi) is 6.79. The van der Waals surface area contributed by atoms with E-state index >= 15 is 0 Å². The lowest BCUT2D eigenvalue weighted by Crippen LogP contribution is -2.42. The van der Waals surface area contributed by atoms with Crippen LogP contribution in [-0.2, 0) is 13.0 Å². The van der Waals surface area contributed by atoms with Crippen LogP contribution in [0, 0.1) is 0 Å². The molecule has 2 N–H and O–H groups in total. The number of nitrogens with one attached hydrogen (secondary N) is 2. The summed E-state index contributed by atoms with van der Waals surface area (Å²) in [7, 11) is 0. The molecule has 3 rings (SSSR count). The van der Waals surface area contributed by atoms with Crippen LogP contribution in [0.5, 0.6) is 11.6 Å². The first kappa shape index (κ1) is 20.8. The minimum Gasteiger partial charge on any atom is -0.488 e. The van der Waals surface area contributed by atoms with Gasteiger partial charge in [0.1, 0.15) is 11.9 Å². The van der Waals surface area contributed by atoms with Crippen LogP contribution in [0.25, 0.3) is 0 Å². The molecule has 0 aliphatic carbocycles. The highest BCUT2D eigenvalue weighted by molar-refractivity contribution is 5.79. The SMILES string of the molecule is CCNC(=NCc1ccc(OCC(F)(F)F)nc1)NCC1Cc2ccccc2O1. The summed E-state index contributed by atoms with van der Waals surface area (Å²) >= 11 is 0. The van der Waals surface area contributed by atoms with E-state index in [9.17, 15) is 13.2 Å². The van der Waals surface area contributed by atoms with Gasteiger partial charge >= 0.3 is 6.18 Å². The topological polar surface area (TPSA) is 67.8 Å². The Morgan fingerprint density at radius 2 is 2.07 bits per heavy atom. The molecule has 2 aromatic rings. The van der Waals surface area contributed by atoms with Crippen LogP contribution < -0.4 is 20.1 Å². The average Bonchev–Trinajstić information content (AvgIpc) is 3.12. The highest BCUT2D eigenvalue weighted by Gasteiger charge is 2.28. The Hall–Kier alpha value is -2.97. The lowest BCUT2D eigenvalue weighted by Gasteiger charge is -2.15. The maximum atomic E-state index is 12.2. The fraction of sp³-hybridized carbons (Fsp3) is 0.400. The lowest BCUT2D eigenvalue weighted by atomic mass is 10.1. The number of hydrogen-bond donors (Lipinski definition) is 2. The summed E-state index contributed by atoms with van der Waals surface area (Å²) in [5, 5.41) is 6.42. The van der Waals surface area contributed by atoms with Crippen molar-refractivity contribution in [3.8, 4) is 11.6 Å². The summed E-state index contributed by atoms with van der Waals surface area (Å²) < 4.78 is 47.0. The molecule has 1 aromatic heterocycles. The number of guanidine groups is 1. The van der Waals surface area contributed by atoms with Gasteiger partial charge in [-0.1, -0.05) is 24.3 Å². The van der Waals surface area contributed by atoms with Gasteiger partial charge in [-0.05, 0) is 24.1 Å². The van der Waals surface area contributed by atoms with Crippen molar-refractivity contribution in [3.63, 3.8) is 0 Å². The fourth-order valence-electron chi connectivity index (χ4n) is 2.84. The van der Waals surface area contributed by atoms with Gasteiger partial charge in [-0.15, -0.1) is 0 Å². The van der Waals surface area contributed by atoms with Gasteiger partial charge in [-0.3, -0.25) is 0 Å². The number of hydrogen-bond acceptors (Lipinski definition) is 4. The molecule has 0 amide bonds. The molecule has 0 radical (unpaired) electrons. The summed E-state index contributed by atoms with van der Waals surface area (Å²) in [6, 6.07) is 11.0. The second-order valence-corrected chi connectivity index (χ2v) is 6.54. The minimum atomic E-state index is -4.39. The van der Waals surface area contributed by atoms with E-state index in [0.717, 1.165) is 17.7 Å². The third-order valence-electron chi connectivity index (χ3n) is 4.16. The molecular formula is C20H23F3N4O2. The van der Waals surface area contributed by atoms with E-state index in [1.807, 2.05) is 25.1 Å². The molecular weight excluding hydrogens is 385 g/mol. The Morgan fingerprint density at radius 3 is 2.76 bits per heavy atom. The first-order chi connectivity index (χ1) is 13.9. The molecule has 6 nitrogen and oxygen atoms in total. The van der Waals surface area contributed by atoms with Crippen LogP contribution in [0.1, 0.15) is 18.1 Å². The first-order valence-electron chi connectivity index (χ1n) is 9.34. The number of aromatic nitrogens is 1. The van der Waals surface area contributed by atoms with E-state index in [1.54, 1.807) is 6.07 Å². The Morgan fingerprint density at radius 1 is 1.24 bits per heavy atom. The van der Waals surface area contributed by atoms with Crippen molar-refractivity contribution in [1.29, 1.82) is 0 Å². The van der Waals surface area contributed by atoms with Crippen molar-refractivity contribution in [2.75, 3.05) is 19.7 Å². The van der Waals surface area contributed by atoms with Gasteiger partial charge in [-0.25, -0.2) is 9.98 Å². The average molecular weight is 408 g/mol. The summed E-state index contributed by atoms with van der Waals surface area (Å²) in [4.78, 5) is 8.37. The molecule has 0 fully saturated rings. The zero-order valence-electron chi connectivity index (χ0n) is 16.0. The van der Waals surface area contributed by atoms with Crippen LogP contribution in [0.15, 0.2) is 47.6 Å². The molecule has 1 aliphatic heterocycles. The molecule has 9 heteroatoms. The summed E-state index contributed by atoms with van der Waals surface area (Å²) in [5.74, 6) is 1.47. The molecule has 0 spiro atoms. The van der Waals surface area contributed by atoms with E-state index in [-0.39, 0.29) is 12.0 Å². The van der Waals surface area contributed by atoms with Crippen molar-refractivity contribution in [3.05, 3.63) is 53.7 Å². The number of para-hydroxylation sites is 1. The van der Waals surface area contributed by atoms with Gasteiger partial charge in [0.2, 0.25) is 5.88 Å². The summed E-state index contributed by atoms with van der Waals surface area (Å²) in [6.07, 6.45) is -2.06. The number of fused-ring (bicyclic) bond motifs is 1. The molecule has 1 unspecified atom stereocenters. The second kappa shape index (κ2) is 9.49. The number of alkyl halides is 3. The van der Waals surface area contributed by atoms with Gasteiger partial charge in [-0.2, -0.15) is 13.2 Å². The van der Waals surface area contributed by atoms with E-state index < -0.39 is 12.8 Å². The van der Waals surface area contributed by atoms with Gasteiger partial charge < -0.3 is 20.1 Å². The summed E-state index contributed by atoms with van der Waals surface area (Å²) in [5.41, 5.74) is 1.95. The smallest absolute Gasteiger partial charge is 0.422 e. The summed E-state index contributed by atoms with van der Waals surface area (Å²) in [6.45, 7) is 2.23. The van der Waals surface area contributed by atoms with Crippen molar-refractivity contribution in [2.24, 2.45) is 4.99 Å². The fourth-order valence-corrected chi connectivity index (χ4v) is 2.84. The van der Waals surface area contributed by atoms with Crippen LogP contribution in [-0.4, -0.2) is 42.9 Å². The van der Waals surface area contributed by atoms with Gasteiger partial charge in [0.05, 0.1) is 13.1 Å². The number of nitrogens with zero attached hydrogens (tertiary/aromatic N) is 2. The molecule has 1 aromatic carbocycles. The standard InChI is InChI=1S/C20H23F3N4O2/c1-2-24-19(27-12-16-9-15-5-3-4-6-17(15)29-16)26-11-14-7-8-18(25-10-14)28-13-20(21,22)23/h3-8,10,16H,2,9,11-13H2,1H3,(H2,24,26,27). The molecule has 0 saturated carbocycles. The highest BCUT2D eigenvalue weighted by atomic mass is 19.4. The molecule has 1 aliphatic rings. The maximum absolute atomic E-state index is 12.2. The largest absolute Gasteiger partial charge is 0.488 e.